The lowest BCUT2D eigenvalue weighted by atomic mass is 10.2. The molecule has 0 spiro atoms. The molecule has 1 heterocycles. The Balaban J connectivity index is 1.77. The van der Waals surface area contributed by atoms with Crippen molar-refractivity contribution in [2.45, 2.75) is 11.7 Å². The van der Waals surface area contributed by atoms with Crippen LogP contribution in [0, 0.1) is 5.82 Å². The van der Waals surface area contributed by atoms with Gasteiger partial charge in [0.1, 0.15) is 22.6 Å². The quantitative estimate of drug-likeness (QED) is 0.560. The standard InChI is InChI=1S/C22H21ClFN3O4S/c1-4-9-27-21(29)19(32-22(27)25-14-7-5-13(24)6-8-14)12-20(28)26-16-11-17(30-2)15(23)10-18(16)31-3/h4-8,10-11,19H,1,9,12H2,2-3H3,(H,26,28)/t19-/m1/s1. The Morgan fingerprint density at radius 3 is 2.59 bits per heavy atom. The second-order valence-electron chi connectivity index (χ2n) is 6.65. The fourth-order valence-corrected chi connectivity index (χ4v) is 4.37. The number of anilines is 1. The molecule has 1 aliphatic heterocycles. The van der Waals surface area contributed by atoms with E-state index in [1.165, 1.54) is 61.2 Å². The van der Waals surface area contributed by atoms with Crippen LogP contribution in [0.3, 0.4) is 0 Å². The first-order valence-electron chi connectivity index (χ1n) is 9.50. The number of amides is 2. The number of rotatable bonds is 8. The first-order chi connectivity index (χ1) is 15.4. The van der Waals surface area contributed by atoms with Crippen LogP contribution in [0.5, 0.6) is 11.5 Å². The minimum Gasteiger partial charge on any atom is -0.495 e. The SMILES string of the molecule is C=CCN1C(=O)[C@@H](CC(=O)Nc2cc(OC)c(Cl)cc2OC)SC1=Nc1ccc(F)cc1. The molecule has 0 aromatic heterocycles. The van der Waals surface area contributed by atoms with Crippen molar-refractivity contribution in [1.29, 1.82) is 0 Å². The first kappa shape index (κ1) is 23.6. The summed E-state index contributed by atoms with van der Waals surface area (Å²) in [6.45, 7) is 3.91. The van der Waals surface area contributed by atoms with Crippen molar-refractivity contribution in [3.8, 4) is 11.5 Å². The number of hydrogen-bond acceptors (Lipinski definition) is 6. The lowest BCUT2D eigenvalue weighted by Crippen LogP contribution is -2.33. The second-order valence-corrected chi connectivity index (χ2v) is 8.23. The summed E-state index contributed by atoms with van der Waals surface area (Å²) in [5.41, 5.74) is 0.871. The normalized spacial score (nSPS) is 16.9. The van der Waals surface area contributed by atoms with Crippen LogP contribution in [-0.2, 0) is 9.59 Å². The van der Waals surface area contributed by atoms with Crippen LogP contribution in [0.25, 0.3) is 0 Å². The highest BCUT2D eigenvalue weighted by Gasteiger charge is 2.38. The fraction of sp³-hybridized carbons (Fsp3) is 0.227. The van der Waals surface area contributed by atoms with Crippen LogP contribution >= 0.6 is 23.4 Å². The molecule has 1 N–H and O–H groups in total. The van der Waals surface area contributed by atoms with Crippen molar-refractivity contribution in [2.24, 2.45) is 4.99 Å². The molecule has 0 radical (unpaired) electrons. The van der Waals surface area contributed by atoms with Crippen LogP contribution in [0.1, 0.15) is 6.42 Å². The smallest absolute Gasteiger partial charge is 0.242 e. The van der Waals surface area contributed by atoms with Gasteiger partial charge in [-0.25, -0.2) is 9.38 Å². The number of benzene rings is 2. The topological polar surface area (TPSA) is 80.2 Å². The Morgan fingerprint density at radius 2 is 1.97 bits per heavy atom. The van der Waals surface area contributed by atoms with Gasteiger partial charge < -0.3 is 14.8 Å². The van der Waals surface area contributed by atoms with Gasteiger partial charge in [0.25, 0.3) is 0 Å². The maximum Gasteiger partial charge on any atom is 0.242 e. The van der Waals surface area contributed by atoms with Crippen LogP contribution < -0.4 is 14.8 Å². The number of methoxy groups -OCH3 is 2. The number of nitrogens with zero attached hydrogens (tertiary/aromatic N) is 2. The van der Waals surface area contributed by atoms with Gasteiger partial charge in [-0.15, -0.1) is 6.58 Å². The molecule has 1 atom stereocenters. The molecule has 2 amide bonds. The van der Waals surface area contributed by atoms with Gasteiger partial charge >= 0.3 is 0 Å². The number of halogens is 2. The van der Waals surface area contributed by atoms with E-state index in [0.717, 1.165) is 0 Å². The molecule has 1 aliphatic rings. The zero-order valence-corrected chi connectivity index (χ0v) is 19.0. The zero-order chi connectivity index (χ0) is 23.3. The van der Waals surface area contributed by atoms with E-state index in [0.29, 0.717) is 33.1 Å². The molecule has 0 bridgehead atoms. The number of aliphatic imine (C=N–C) groups is 1. The fourth-order valence-electron chi connectivity index (χ4n) is 2.98. The summed E-state index contributed by atoms with van der Waals surface area (Å²) in [4.78, 5) is 31.5. The molecule has 2 aromatic carbocycles. The third kappa shape index (κ3) is 5.41. The van der Waals surface area contributed by atoms with E-state index in [9.17, 15) is 14.0 Å². The van der Waals surface area contributed by atoms with E-state index in [-0.39, 0.29) is 30.6 Å². The highest BCUT2D eigenvalue weighted by Crippen LogP contribution is 2.37. The van der Waals surface area contributed by atoms with Gasteiger partial charge in [-0.1, -0.05) is 29.4 Å². The summed E-state index contributed by atoms with van der Waals surface area (Å²) in [5.74, 6) is -0.288. The molecule has 10 heteroatoms. The van der Waals surface area contributed by atoms with E-state index in [2.05, 4.69) is 16.9 Å². The first-order valence-corrected chi connectivity index (χ1v) is 10.8. The number of ether oxygens (including phenoxy) is 2. The molecule has 32 heavy (non-hydrogen) atoms. The van der Waals surface area contributed by atoms with Gasteiger partial charge in [0.15, 0.2) is 5.17 Å². The minimum absolute atomic E-state index is 0.0896. The summed E-state index contributed by atoms with van der Waals surface area (Å²) in [6, 6.07) is 8.69. The number of carbonyl (C=O) groups excluding carboxylic acids is 2. The van der Waals surface area contributed by atoms with E-state index in [4.69, 9.17) is 21.1 Å². The van der Waals surface area contributed by atoms with Gasteiger partial charge in [0.2, 0.25) is 11.8 Å². The summed E-state index contributed by atoms with van der Waals surface area (Å²) in [6.07, 6.45) is 1.49. The van der Waals surface area contributed by atoms with Crippen LogP contribution in [0.4, 0.5) is 15.8 Å². The number of carbonyl (C=O) groups is 2. The summed E-state index contributed by atoms with van der Waals surface area (Å²) in [5, 5.41) is 2.83. The van der Waals surface area contributed by atoms with E-state index < -0.39 is 5.25 Å². The lowest BCUT2D eigenvalue weighted by Gasteiger charge is -2.15. The maximum absolute atomic E-state index is 13.2. The van der Waals surface area contributed by atoms with Crippen molar-refractivity contribution < 1.29 is 23.5 Å². The average molecular weight is 478 g/mol. The van der Waals surface area contributed by atoms with Crippen LogP contribution in [-0.4, -0.2) is 47.9 Å². The molecule has 7 nitrogen and oxygen atoms in total. The Kier molecular flexibility index (Phi) is 7.76. The molecule has 0 unspecified atom stereocenters. The highest BCUT2D eigenvalue weighted by molar-refractivity contribution is 8.15. The molecule has 1 saturated heterocycles. The molecule has 0 saturated carbocycles. The molecule has 168 valence electrons. The predicted octanol–water partition coefficient (Wildman–Crippen LogP) is 4.64. The van der Waals surface area contributed by atoms with E-state index in [1.807, 2.05) is 0 Å². The van der Waals surface area contributed by atoms with Crippen molar-refractivity contribution in [3.05, 3.63) is 59.9 Å². The third-order valence-corrected chi connectivity index (χ3v) is 5.97. The monoisotopic (exact) mass is 477 g/mol. The Bertz CT molecular complexity index is 1060. The molecule has 3 rings (SSSR count). The molecule has 0 aliphatic carbocycles. The Hall–Kier alpha value is -3.04. The van der Waals surface area contributed by atoms with Gasteiger partial charge in [0.05, 0.1) is 30.6 Å². The van der Waals surface area contributed by atoms with Crippen molar-refractivity contribution in [2.75, 3.05) is 26.1 Å². The third-order valence-electron chi connectivity index (χ3n) is 4.50. The van der Waals surface area contributed by atoms with E-state index in [1.54, 1.807) is 12.1 Å². The zero-order valence-electron chi connectivity index (χ0n) is 17.4. The molecular formula is C22H21ClFN3O4S. The largest absolute Gasteiger partial charge is 0.495 e. The Labute approximate surface area is 194 Å². The molecule has 1 fully saturated rings. The number of nitrogens with one attached hydrogen (secondary N) is 1. The van der Waals surface area contributed by atoms with Gasteiger partial charge in [-0.2, -0.15) is 0 Å². The van der Waals surface area contributed by atoms with Gasteiger partial charge in [-0.3, -0.25) is 14.5 Å². The van der Waals surface area contributed by atoms with Gasteiger partial charge in [0, 0.05) is 25.1 Å². The molecule has 2 aromatic rings. The summed E-state index contributed by atoms with van der Waals surface area (Å²) >= 11 is 7.27. The van der Waals surface area contributed by atoms with Crippen LogP contribution in [0.2, 0.25) is 5.02 Å². The van der Waals surface area contributed by atoms with Crippen molar-refractivity contribution in [3.63, 3.8) is 0 Å². The lowest BCUT2D eigenvalue weighted by molar-refractivity contribution is -0.127. The average Bonchev–Trinajstić information content (AvgIpc) is 3.05. The summed E-state index contributed by atoms with van der Waals surface area (Å²) < 4.78 is 23.6. The number of hydrogen-bond donors (Lipinski definition) is 1. The maximum atomic E-state index is 13.2. The van der Waals surface area contributed by atoms with Crippen molar-refractivity contribution >= 4 is 51.7 Å². The van der Waals surface area contributed by atoms with E-state index >= 15 is 0 Å². The number of amidine groups is 1. The second kappa shape index (κ2) is 10.5. The minimum atomic E-state index is -0.672. The van der Waals surface area contributed by atoms with Gasteiger partial charge in [-0.05, 0) is 24.3 Å². The van der Waals surface area contributed by atoms with Crippen molar-refractivity contribution in [1.82, 2.24) is 4.90 Å². The Morgan fingerprint density at radius 1 is 1.28 bits per heavy atom. The highest BCUT2D eigenvalue weighted by atomic mass is 35.5. The summed E-state index contributed by atoms with van der Waals surface area (Å²) in [7, 11) is 2.92. The molecular weight excluding hydrogens is 457 g/mol. The predicted molar refractivity (Wildman–Crippen MR) is 125 cm³/mol. The number of thioether (sulfide) groups is 1. The van der Waals surface area contributed by atoms with Crippen LogP contribution in [0.15, 0.2) is 54.0 Å².